The zero-order chi connectivity index (χ0) is 14.7. The number of hydrogen-bond acceptors (Lipinski definition) is 3. The monoisotopic (exact) mass is 284 g/mol. The topological polar surface area (TPSA) is 33.1 Å². The summed E-state index contributed by atoms with van der Waals surface area (Å²) in [7, 11) is 1.98. The van der Waals surface area contributed by atoms with Gasteiger partial charge in [0.05, 0.1) is 6.20 Å². The van der Waals surface area contributed by atoms with Crippen LogP contribution in [-0.2, 0) is 20.1 Å². The number of nitrogens with one attached hydrogen (secondary N) is 1. The van der Waals surface area contributed by atoms with Gasteiger partial charge in [0.25, 0.3) is 0 Å². The number of aryl methyl sites for hydroxylation is 1. The van der Waals surface area contributed by atoms with E-state index in [4.69, 9.17) is 0 Å². The second-order valence-corrected chi connectivity index (χ2v) is 5.84. The highest BCUT2D eigenvalue weighted by Crippen LogP contribution is 2.20. The van der Waals surface area contributed by atoms with E-state index in [-0.39, 0.29) is 0 Å². The van der Waals surface area contributed by atoms with Crippen LogP contribution in [0.1, 0.15) is 29.7 Å². The van der Waals surface area contributed by atoms with Crippen molar-refractivity contribution in [3.05, 3.63) is 47.3 Å². The molecule has 112 valence electrons. The summed E-state index contributed by atoms with van der Waals surface area (Å²) in [6.45, 7) is 6.28. The standard InChI is InChI=1S/C17H24N4/c1-14-16(13-19-20(14)2)12-18-11-15-5-7-17(8-6-15)21-9-3-4-10-21/h5-8,13,18H,3-4,9-12H2,1-2H3. The summed E-state index contributed by atoms with van der Waals surface area (Å²) in [5.41, 5.74) is 5.19. The summed E-state index contributed by atoms with van der Waals surface area (Å²) in [6, 6.07) is 8.96. The molecule has 1 fully saturated rings. The van der Waals surface area contributed by atoms with Crippen molar-refractivity contribution in [3.63, 3.8) is 0 Å². The Hall–Kier alpha value is -1.81. The van der Waals surface area contributed by atoms with Crippen molar-refractivity contribution in [2.24, 2.45) is 7.05 Å². The van der Waals surface area contributed by atoms with Gasteiger partial charge in [0, 0.05) is 50.2 Å². The number of hydrogen-bond donors (Lipinski definition) is 1. The van der Waals surface area contributed by atoms with Gasteiger partial charge in [-0.3, -0.25) is 4.68 Å². The van der Waals surface area contributed by atoms with Crippen molar-refractivity contribution < 1.29 is 0 Å². The molecule has 4 nitrogen and oxygen atoms in total. The summed E-state index contributed by atoms with van der Waals surface area (Å²) >= 11 is 0. The fraction of sp³-hybridized carbons (Fsp3) is 0.471. The highest BCUT2D eigenvalue weighted by Gasteiger charge is 2.11. The predicted octanol–water partition coefficient (Wildman–Crippen LogP) is 2.62. The number of anilines is 1. The van der Waals surface area contributed by atoms with Crippen molar-refractivity contribution in [1.82, 2.24) is 15.1 Å². The number of rotatable bonds is 5. The van der Waals surface area contributed by atoms with E-state index in [1.165, 1.54) is 48.4 Å². The molecule has 2 aromatic rings. The number of aromatic nitrogens is 2. The Balaban J connectivity index is 1.52. The van der Waals surface area contributed by atoms with Crippen molar-refractivity contribution >= 4 is 5.69 Å². The molecule has 0 aliphatic carbocycles. The third-order valence-corrected chi connectivity index (χ3v) is 4.39. The van der Waals surface area contributed by atoms with Crippen LogP contribution in [-0.4, -0.2) is 22.9 Å². The van der Waals surface area contributed by atoms with Gasteiger partial charge in [-0.05, 0) is 37.5 Å². The van der Waals surface area contributed by atoms with Crippen LogP contribution in [0.4, 0.5) is 5.69 Å². The first-order valence-electron chi connectivity index (χ1n) is 7.76. The Bertz CT molecular complexity index is 579. The second kappa shape index (κ2) is 6.31. The molecule has 1 aliphatic heterocycles. The first-order chi connectivity index (χ1) is 10.2. The minimum Gasteiger partial charge on any atom is -0.372 e. The van der Waals surface area contributed by atoms with Crippen molar-refractivity contribution in [3.8, 4) is 0 Å². The van der Waals surface area contributed by atoms with Crippen LogP contribution in [0, 0.1) is 6.92 Å². The first kappa shape index (κ1) is 14.1. The van der Waals surface area contributed by atoms with Gasteiger partial charge in [0.2, 0.25) is 0 Å². The Kier molecular flexibility index (Phi) is 4.25. The maximum atomic E-state index is 4.27. The fourth-order valence-electron chi connectivity index (χ4n) is 2.86. The Morgan fingerprint density at radius 3 is 2.43 bits per heavy atom. The lowest BCUT2D eigenvalue weighted by Crippen LogP contribution is -2.17. The minimum absolute atomic E-state index is 0.869. The highest BCUT2D eigenvalue weighted by atomic mass is 15.3. The lowest BCUT2D eigenvalue weighted by molar-refractivity contribution is 0.684. The first-order valence-corrected chi connectivity index (χ1v) is 7.76. The van der Waals surface area contributed by atoms with E-state index in [0.717, 1.165) is 13.1 Å². The van der Waals surface area contributed by atoms with Gasteiger partial charge in [-0.25, -0.2) is 0 Å². The molecule has 1 saturated heterocycles. The molecule has 4 heteroatoms. The van der Waals surface area contributed by atoms with Gasteiger partial charge in [-0.1, -0.05) is 12.1 Å². The smallest absolute Gasteiger partial charge is 0.0537 e. The quantitative estimate of drug-likeness (QED) is 0.916. The largest absolute Gasteiger partial charge is 0.372 e. The van der Waals surface area contributed by atoms with Gasteiger partial charge < -0.3 is 10.2 Å². The van der Waals surface area contributed by atoms with Crippen molar-refractivity contribution in [2.75, 3.05) is 18.0 Å². The molecule has 2 heterocycles. The van der Waals surface area contributed by atoms with E-state index in [1.54, 1.807) is 0 Å². The molecule has 1 aromatic carbocycles. The zero-order valence-electron chi connectivity index (χ0n) is 13.0. The molecule has 0 unspecified atom stereocenters. The van der Waals surface area contributed by atoms with E-state index < -0.39 is 0 Å². The SMILES string of the molecule is Cc1c(CNCc2ccc(N3CCCC3)cc2)cnn1C. The summed E-state index contributed by atoms with van der Waals surface area (Å²) in [5, 5.41) is 7.76. The second-order valence-electron chi connectivity index (χ2n) is 5.84. The Morgan fingerprint density at radius 2 is 1.81 bits per heavy atom. The Labute approximate surface area is 126 Å². The molecule has 1 aliphatic rings. The molecule has 0 spiro atoms. The van der Waals surface area contributed by atoms with Crippen LogP contribution < -0.4 is 10.2 Å². The van der Waals surface area contributed by atoms with E-state index in [0.29, 0.717) is 0 Å². The molecule has 0 atom stereocenters. The molecular formula is C17H24N4. The van der Waals surface area contributed by atoms with Crippen LogP contribution in [0.2, 0.25) is 0 Å². The molecule has 0 radical (unpaired) electrons. The predicted molar refractivity (Wildman–Crippen MR) is 86.4 cm³/mol. The van der Waals surface area contributed by atoms with E-state index in [2.05, 4.69) is 46.5 Å². The molecule has 0 bridgehead atoms. The highest BCUT2D eigenvalue weighted by molar-refractivity contribution is 5.48. The van der Waals surface area contributed by atoms with Crippen LogP contribution in [0.5, 0.6) is 0 Å². The van der Waals surface area contributed by atoms with Crippen LogP contribution >= 0.6 is 0 Å². The van der Waals surface area contributed by atoms with Crippen molar-refractivity contribution in [1.29, 1.82) is 0 Å². The van der Waals surface area contributed by atoms with Gasteiger partial charge in [0.1, 0.15) is 0 Å². The fourth-order valence-corrected chi connectivity index (χ4v) is 2.86. The van der Waals surface area contributed by atoms with Gasteiger partial charge in [-0.15, -0.1) is 0 Å². The van der Waals surface area contributed by atoms with E-state index >= 15 is 0 Å². The lowest BCUT2D eigenvalue weighted by atomic mass is 10.2. The van der Waals surface area contributed by atoms with E-state index in [1.807, 2.05) is 17.9 Å². The summed E-state index contributed by atoms with van der Waals surface area (Å²) in [5.74, 6) is 0. The summed E-state index contributed by atoms with van der Waals surface area (Å²) in [6.07, 6.45) is 4.60. The van der Waals surface area contributed by atoms with Crippen LogP contribution in [0.15, 0.2) is 30.5 Å². The molecule has 1 N–H and O–H groups in total. The maximum Gasteiger partial charge on any atom is 0.0537 e. The van der Waals surface area contributed by atoms with Gasteiger partial charge in [0.15, 0.2) is 0 Å². The average Bonchev–Trinajstić information content (AvgIpc) is 3.13. The maximum absolute atomic E-state index is 4.27. The molecule has 0 amide bonds. The minimum atomic E-state index is 0.869. The third-order valence-electron chi connectivity index (χ3n) is 4.39. The molecule has 0 saturated carbocycles. The lowest BCUT2D eigenvalue weighted by Gasteiger charge is -2.17. The van der Waals surface area contributed by atoms with Crippen LogP contribution in [0.25, 0.3) is 0 Å². The van der Waals surface area contributed by atoms with E-state index in [9.17, 15) is 0 Å². The molecule has 3 rings (SSSR count). The molecular weight excluding hydrogens is 260 g/mol. The van der Waals surface area contributed by atoms with Gasteiger partial charge >= 0.3 is 0 Å². The van der Waals surface area contributed by atoms with Crippen LogP contribution in [0.3, 0.4) is 0 Å². The molecule has 1 aromatic heterocycles. The number of benzene rings is 1. The summed E-state index contributed by atoms with van der Waals surface area (Å²) in [4.78, 5) is 2.47. The molecule has 21 heavy (non-hydrogen) atoms. The normalized spacial score (nSPS) is 14.9. The van der Waals surface area contributed by atoms with Crippen molar-refractivity contribution in [2.45, 2.75) is 32.9 Å². The zero-order valence-corrected chi connectivity index (χ0v) is 13.0. The number of nitrogens with zero attached hydrogens (tertiary/aromatic N) is 3. The third kappa shape index (κ3) is 3.27. The summed E-state index contributed by atoms with van der Waals surface area (Å²) < 4.78 is 1.92. The average molecular weight is 284 g/mol. The Morgan fingerprint density at radius 1 is 1.10 bits per heavy atom. The van der Waals surface area contributed by atoms with Gasteiger partial charge in [-0.2, -0.15) is 5.10 Å².